The van der Waals surface area contributed by atoms with Crippen LogP contribution in [0.2, 0.25) is 0 Å². The number of unbranched alkanes of at least 4 members (excludes halogenated alkanes) is 33. The molecule has 0 rings (SSSR count). The molecule has 0 radical (unpaired) electrons. The molecule has 3 unspecified atom stereocenters. The van der Waals surface area contributed by atoms with Crippen molar-refractivity contribution in [3.63, 3.8) is 0 Å². The summed E-state index contributed by atoms with van der Waals surface area (Å²) >= 11 is 0. The maximum absolute atomic E-state index is 13.5. The zero-order valence-corrected chi connectivity index (χ0v) is 46.5. The van der Waals surface area contributed by atoms with Gasteiger partial charge in [-0.05, 0) is 57.4 Å². The largest absolute Gasteiger partial charge is 0.472 e. The fourth-order valence-corrected chi connectivity index (χ4v) is 9.08. The number of hydrogen-bond donors (Lipinski definition) is 2. The standard InChI is InChI=1S/C58H111N2O7P/c1-7-10-13-16-19-22-25-27-29-31-32-35-38-41-44-47-50-57(61)59-55(54-66-68(63,64)65-53-52-60(4,5)6)56(49-46-43-40-37-34-24-21-18-15-12-9-3)67-58(62)51-48-45-42-39-36-33-30-28-26-23-20-17-14-11-8-2/h20,23,26,28,46,49,55-56H,7-19,21-22,24-25,27,29-45,47-48,50-54H2,1-6H3,(H-,59,61,63,64)/p+1/b23-20+,28-26+,49-46+. The molecule has 400 valence electrons. The summed E-state index contributed by atoms with van der Waals surface area (Å²) < 4.78 is 30.6. The van der Waals surface area contributed by atoms with Crippen LogP contribution in [0.5, 0.6) is 0 Å². The van der Waals surface area contributed by atoms with Gasteiger partial charge in [0, 0.05) is 12.8 Å². The molecule has 0 aliphatic carbocycles. The summed E-state index contributed by atoms with van der Waals surface area (Å²) in [6.45, 7) is 6.99. The van der Waals surface area contributed by atoms with E-state index >= 15 is 0 Å². The molecule has 0 heterocycles. The first-order valence-electron chi connectivity index (χ1n) is 28.8. The number of phosphoric acid groups is 1. The lowest BCUT2D eigenvalue weighted by atomic mass is 10.0. The molecule has 0 aromatic carbocycles. The number of amides is 1. The highest BCUT2D eigenvalue weighted by molar-refractivity contribution is 7.47. The number of phosphoric ester groups is 1. The van der Waals surface area contributed by atoms with E-state index in [0.29, 0.717) is 17.4 Å². The highest BCUT2D eigenvalue weighted by atomic mass is 31.2. The van der Waals surface area contributed by atoms with E-state index in [1.807, 2.05) is 33.3 Å². The first-order valence-corrected chi connectivity index (χ1v) is 30.3. The van der Waals surface area contributed by atoms with E-state index in [0.717, 1.165) is 77.0 Å². The fraction of sp³-hybridized carbons (Fsp3) is 0.862. The number of likely N-dealkylation sites (N-methyl/N-ethyl adjacent to an activating group) is 1. The van der Waals surface area contributed by atoms with E-state index < -0.39 is 20.0 Å². The summed E-state index contributed by atoms with van der Waals surface area (Å²) in [4.78, 5) is 37.5. The summed E-state index contributed by atoms with van der Waals surface area (Å²) in [5.41, 5.74) is 0. The van der Waals surface area contributed by atoms with Gasteiger partial charge in [-0.1, -0.05) is 237 Å². The van der Waals surface area contributed by atoms with Crippen LogP contribution in [0.1, 0.15) is 271 Å². The van der Waals surface area contributed by atoms with Crippen molar-refractivity contribution in [1.29, 1.82) is 0 Å². The van der Waals surface area contributed by atoms with Crippen molar-refractivity contribution in [3.8, 4) is 0 Å². The Hall–Kier alpha value is -1.77. The van der Waals surface area contributed by atoms with Crippen LogP contribution in [-0.4, -0.2) is 74.3 Å². The van der Waals surface area contributed by atoms with Crippen LogP contribution in [0.15, 0.2) is 36.5 Å². The minimum Gasteiger partial charge on any atom is -0.456 e. The second-order valence-corrected chi connectivity index (χ2v) is 22.3. The summed E-state index contributed by atoms with van der Waals surface area (Å²) in [7, 11) is 1.50. The number of carbonyl (C=O) groups excluding carboxylic acids is 2. The van der Waals surface area contributed by atoms with Gasteiger partial charge in [-0.2, -0.15) is 0 Å². The molecule has 0 fully saturated rings. The predicted molar refractivity (Wildman–Crippen MR) is 291 cm³/mol. The Bertz CT molecular complexity index is 1270. The number of carbonyl (C=O) groups is 2. The second kappa shape index (κ2) is 48.8. The molecule has 0 saturated heterocycles. The molecule has 0 aliphatic rings. The Morgan fingerprint density at radius 3 is 1.32 bits per heavy atom. The topological polar surface area (TPSA) is 111 Å². The number of nitrogens with zero attached hydrogens (tertiary/aromatic N) is 1. The third-order valence-corrected chi connectivity index (χ3v) is 13.8. The van der Waals surface area contributed by atoms with Crippen LogP contribution in [0.3, 0.4) is 0 Å². The molecule has 68 heavy (non-hydrogen) atoms. The summed E-state index contributed by atoms with van der Waals surface area (Å²) in [5.74, 6) is -0.510. The van der Waals surface area contributed by atoms with Gasteiger partial charge in [-0.3, -0.25) is 18.6 Å². The zero-order chi connectivity index (χ0) is 50.1. The van der Waals surface area contributed by atoms with Crippen LogP contribution >= 0.6 is 7.82 Å². The van der Waals surface area contributed by atoms with Crippen LogP contribution in [-0.2, 0) is 27.9 Å². The summed E-state index contributed by atoms with van der Waals surface area (Å²) in [5, 5.41) is 3.05. The van der Waals surface area contributed by atoms with E-state index in [2.05, 4.69) is 50.4 Å². The maximum atomic E-state index is 13.5. The second-order valence-electron chi connectivity index (χ2n) is 20.9. The first kappa shape index (κ1) is 66.2. The van der Waals surface area contributed by atoms with Crippen LogP contribution in [0.25, 0.3) is 0 Å². The van der Waals surface area contributed by atoms with Gasteiger partial charge >= 0.3 is 13.8 Å². The number of rotatable bonds is 52. The minimum atomic E-state index is -4.44. The molecule has 0 bridgehead atoms. The summed E-state index contributed by atoms with van der Waals surface area (Å²) in [6, 6.07) is -0.847. The predicted octanol–water partition coefficient (Wildman–Crippen LogP) is 17.2. The van der Waals surface area contributed by atoms with Crippen LogP contribution in [0, 0.1) is 0 Å². The number of nitrogens with one attached hydrogen (secondary N) is 1. The average molecular weight is 981 g/mol. The first-order chi connectivity index (χ1) is 32.9. The van der Waals surface area contributed by atoms with Gasteiger partial charge in [0.05, 0.1) is 33.8 Å². The number of esters is 1. The highest BCUT2D eigenvalue weighted by Crippen LogP contribution is 2.43. The molecular weight excluding hydrogens is 868 g/mol. The zero-order valence-electron chi connectivity index (χ0n) is 45.6. The Morgan fingerprint density at radius 2 is 0.882 bits per heavy atom. The molecule has 9 nitrogen and oxygen atoms in total. The fourth-order valence-electron chi connectivity index (χ4n) is 8.34. The van der Waals surface area contributed by atoms with Crippen molar-refractivity contribution in [2.75, 3.05) is 40.9 Å². The molecule has 0 aromatic rings. The molecule has 10 heteroatoms. The lowest BCUT2D eigenvalue weighted by Gasteiger charge is -2.27. The van der Waals surface area contributed by atoms with Gasteiger partial charge in [0.1, 0.15) is 19.3 Å². The molecule has 1 amide bonds. The molecule has 0 aromatic heterocycles. The van der Waals surface area contributed by atoms with E-state index in [1.54, 1.807) is 0 Å². The lowest BCUT2D eigenvalue weighted by Crippen LogP contribution is -2.47. The smallest absolute Gasteiger partial charge is 0.456 e. The van der Waals surface area contributed by atoms with Gasteiger partial charge in [0.2, 0.25) is 5.91 Å². The minimum absolute atomic E-state index is 0.0402. The normalized spacial score (nSPS) is 14.0. The van der Waals surface area contributed by atoms with Crippen molar-refractivity contribution in [1.82, 2.24) is 5.32 Å². The molecule has 0 spiro atoms. The third-order valence-electron chi connectivity index (χ3n) is 12.9. The molecule has 3 atom stereocenters. The third kappa shape index (κ3) is 49.2. The maximum Gasteiger partial charge on any atom is 0.472 e. The van der Waals surface area contributed by atoms with E-state index in [1.165, 1.54) is 161 Å². The quantitative estimate of drug-likeness (QED) is 0.0156. The van der Waals surface area contributed by atoms with Crippen LogP contribution in [0.4, 0.5) is 0 Å². The van der Waals surface area contributed by atoms with Gasteiger partial charge < -0.3 is 19.4 Å². The van der Waals surface area contributed by atoms with Crippen molar-refractivity contribution < 1.29 is 37.3 Å². The highest BCUT2D eigenvalue weighted by Gasteiger charge is 2.30. The summed E-state index contributed by atoms with van der Waals surface area (Å²) in [6.07, 6.45) is 57.0. The van der Waals surface area contributed by atoms with E-state index in [9.17, 15) is 19.0 Å². The molecule has 2 N–H and O–H groups in total. The average Bonchev–Trinajstić information content (AvgIpc) is 3.29. The Labute approximate surface area is 421 Å². The van der Waals surface area contributed by atoms with E-state index in [-0.39, 0.29) is 31.5 Å². The van der Waals surface area contributed by atoms with Gasteiger partial charge in [0.15, 0.2) is 0 Å². The van der Waals surface area contributed by atoms with Gasteiger partial charge in [0.25, 0.3) is 0 Å². The number of ether oxygens (including phenoxy) is 1. The number of hydrogen-bond acceptors (Lipinski definition) is 6. The van der Waals surface area contributed by atoms with Crippen molar-refractivity contribution >= 4 is 19.7 Å². The number of allylic oxidation sites excluding steroid dienone is 5. The van der Waals surface area contributed by atoms with Gasteiger partial charge in [-0.25, -0.2) is 4.57 Å². The molecular formula is C58H112N2O7P+. The van der Waals surface area contributed by atoms with Crippen LogP contribution < -0.4 is 5.32 Å². The van der Waals surface area contributed by atoms with Crippen molar-refractivity contribution in [2.45, 2.75) is 283 Å². The Kier molecular flexibility index (Phi) is 47.6. The lowest BCUT2D eigenvalue weighted by molar-refractivity contribution is -0.870. The Morgan fingerprint density at radius 1 is 0.515 bits per heavy atom. The van der Waals surface area contributed by atoms with E-state index in [4.69, 9.17) is 13.8 Å². The van der Waals surface area contributed by atoms with Crippen molar-refractivity contribution in [2.24, 2.45) is 0 Å². The Balaban J connectivity index is 5.31. The number of quaternary nitrogens is 1. The molecule has 0 saturated carbocycles. The molecule has 0 aliphatic heterocycles. The van der Waals surface area contributed by atoms with Crippen molar-refractivity contribution in [3.05, 3.63) is 36.5 Å². The van der Waals surface area contributed by atoms with Gasteiger partial charge in [-0.15, -0.1) is 0 Å². The monoisotopic (exact) mass is 980 g/mol. The SMILES string of the molecule is CCCCC/C=C/C=C/CCCCCCCCC(=O)OC(/C=C/CCCCCCCCCCC)C(COP(=O)(O)OCC[N+](C)(C)C)NC(=O)CCCCCCCCCCCCCCCCCC.